The van der Waals surface area contributed by atoms with Gasteiger partial charge in [-0.2, -0.15) is 0 Å². The van der Waals surface area contributed by atoms with Crippen LogP contribution in [0.1, 0.15) is 33.6 Å². The molecule has 0 saturated carbocycles. The molecule has 2 aliphatic heterocycles. The summed E-state index contributed by atoms with van der Waals surface area (Å²) in [6.07, 6.45) is -0.0974. The van der Waals surface area contributed by atoms with Crippen LogP contribution in [0.4, 0.5) is 4.79 Å². The van der Waals surface area contributed by atoms with Crippen LogP contribution >= 0.6 is 0 Å². The van der Waals surface area contributed by atoms with Gasteiger partial charge in [-0.1, -0.05) is 81.4 Å². The zero-order valence-corrected chi connectivity index (χ0v) is 20.1. The molecule has 2 fully saturated rings. The van der Waals surface area contributed by atoms with Gasteiger partial charge in [-0.15, -0.1) is 0 Å². The van der Waals surface area contributed by atoms with E-state index < -0.39 is 20.5 Å². The molecule has 4 atom stereocenters. The molecule has 0 radical (unpaired) electrons. The summed E-state index contributed by atoms with van der Waals surface area (Å²) < 4.78 is 6.87. The van der Waals surface area contributed by atoms with Gasteiger partial charge >= 0.3 is 6.09 Å². The van der Waals surface area contributed by atoms with Crippen molar-refractivity contribution in [3.8, 4) is 0 Å². The first-order valence-corrected chi connectivity index (χ1v) is 13.3. The van der Waals surface area contributed by atoms with Crippen molar-refractivity contribution in [1.29, 1.82) is 0 Å². The largest absolute Gasteiger partial charge is 0.465 e. The first kappa shape index (κ1) is 23.0. The normalized spacial score (nSPS) is 24.4. The molecular formula is C25H34N2O4Si. The second-order valence-electron chi connectivity index (χ2n) is 9.96. The number of hydrogen-bond acceptors (Lipinski definition) is 4. The van der Waals surface area contributed by atoms with Gasteiger partial charge in [0.25, 0.3) is 8.32 Å². The molecule has 172 valence electrons. The molecule has 2 heterocycles. The van der Waals surface area contributed by atoms with Gasteiger partial charge in [0.1, 0.15) is 0 Å². The van der Waals surface area contributed by atoms with Gasteiger partial charge in [-0.05, 0) is 28.3 Å². The summed E-state index contributed by atoms with van der Waals surface area (Å²) in [6.45, 7) is 7.35. The van der Waals surface area contributed by atoms with Gasteiger partial charge < -0.3 is 20.0 Å². The monoisotopic (exact) mass is 454 g/mol. The molecule has 0 spiro atoms. The number of piperazine rings is 1. The summed E-state index contributed by atoms with van der Waals surface area (Å²) in [6, 6.07) is 20.1. The van der Waals surface area contributed by atoms with Gasteiger partial charge in [0.2, 0.25) is 0 Å². The molecule has 0 aliphatic carbocycles. The summed E-state index contributed by atoms with van der Waals surface area (Å²) in [5.74, 6) is 0. The van der Waals surface area contributed by atoms with Crippen molar-refractivity contribution in [2.75, 3.05) is 13.2 Å². The second kappa shape index (κ2) is 8.98. The fourth-order valence-electron chi connectivity index (χ4n) is 5.64. The van der Waals surface area contributed by atoms with E-state index in [0.717, 1.165) is 23.2 Å². The Bertz CT molecular complexity index is 879. The molecule has 2 saturated heterocycles. The van der Waals surface area contributed by atoms with Crippen LogP contribution < -0.4 is 15.7 Å². The number of rotatable bonds is 6. The molecule has 2 bridgehead atoms. The first-order valence-electron chi connectivity index (χ1n) is 11.4. The van der Waals surface area contributed by atoms with Crippen molar-refractivity contribution < 1.29 is 19.4 Å². The van der Waals surface area contributed by atoms with Gasteiger partial charge in [-0.25, -0.2) is 4.79 Å². The average Bonchev–Trinajstić information content (AvgIpc) is 3.08. The minimum Gasteiger partial charge on any atom is -0.465 e. The van der Waals surface area contributed by atoms with Gasteiger partial charge in [0.15, 0.2) is 0 Å². The molecule has 32 heavy (non-hydrogen) atoms. The number of aliphatic hydroxyl groups is 1. The van der Waals surface area contributed by atoms with Crippen LogP contribution in [0.2, 0.25) is 5.04 Å². The lowest BCUT2D eigenvalue weighted by Crippen LogP contribution is -2.68. The number of nitrogens with one attached hydrogen (secondary N) is 1. The number of hydrogen-bond donors (Lipinski definition) is 3. The molecule has 7 heteroatoms. The lowest BCUT2D eigenvalue weighted by Gasteiger charge is -2.45. The Labute approximate surface area is 191 Å². The SMILES string of the molecule is CC(C)(C)[Si](OCC(O)[C@H]1NC[C@H]2CC[C@@H]1N2C(=O)O)(c1ccccc1)c1ccccc1. The standard InChI is InChI=1S/C25H34N2O4Si/c1-25(2,3)32(19-10-6-4-7-11-19,20-12-8-5-9-13-20)31-17-22(28)23-21-15-14-18(16-26-23)27(21)24(29)30/h4-13,18,21-23,26,28H,14-17H2,1-3H3,(H,29,30)/t18-,21+,22?,23+/m1/s1. The van der Waals surface area contributed by atoms with Gasteiger partial charge in [0.05, 0.1) is 24.8 Å². The quantitative estimate of drug-likeness (QED) is 0.584. The third-order valence-electron chi connectivity index (χ3n) is 7.07. The van der Waals surface area contributed by atoms with E-state index in [1.165, 1.54) is 4.90 Å². The Balaban J connectivity index is 1.64. The highest BCUT2D eigenvalue weighted by Crippen LogP contribution is 2.37. The number of carbonyl (C=O) groups is 1. The van der Waals surface area contributed by atoms with E-state index in [9.17, 15) is 15.0 Å². The molecule has 0 aromatic heterocycles. The smallest absolute Gasteiger partial charge is 0.407 e. The summed E-state index contributed by atoms with van der Waals surface area (Å²) in [7, 11) is -2.75. The molecule has 2 aliphatic rings. The third kappa shape index (κ3) is 3.99. The summed E-state index contributed by atoms with van der Waals surface area (Å²) >= 11 is 0. The lowest BCUT2D eigenvalue weighted by molar-refractivity contribution is 0.0152. The van der Waals surface area contributed by atoms with Gasteiger partial charge in [0, 0.05) is 12.6 Å². The van der Waals surface area contributed by atoms with Crippen molar-refractivity contribution in [2.45, 2.75) is 62.9 Å². The highest BCUT2D eigenvalue weighted by Gasteiger charge is 2.52. The van der Waals surface area contributed by atoms with Crippen LogP contribution in [0, 0.1) is 0 Å². The molecule has 3 N–H and O–H groups in total. The highest BCUT2D eigenvalue weighted by molar-refractivity contribution is 6.99. The van der Waals surface area contributed by atoms with Crippen LogP contribution in [0.3, 0.4) is 0 Å². The predicted octanol–water partition coefficient (Wildman–Crippen LogP) is 2.41. The molecule has 2 aromatic carbocycles. The number of nitrogens with zero attached hydrogens (tertiary/aromatic N) is 1. The van der Waals surface area contributed by atoms with E-state index in [4.69, 9.17) is 4.43 Å². The minimum atomic E-state index is -2.75. The Hall–Kier alpha value is -2.19. The Morgan fingerprint density at radius 2 is 1.66 bits per heavy atom. The molecule has 2 aromatic rings. The predicted molar refractivity (Wildman–Crippen MR) is 128 cm³/mol. The second-order valence-corrected chi connectivity index (χ2v) is 14.3. The van der Waals surface area contributed by atoms with E-state index >= 15 is 0 Å². The molecule has 1 unspecified atom stereocenters. The van der Waals surface area contributed by atoms with E-state index in [1.807, 2.05) is 36.4 Å². The summed E-state index contributed by atoms with van der Waals surface area (Å²) in [5, 5.41) is 26.5. The van der Waals surface area contributed by atoms with Crippen LogP contribution in [0.25, 0.3) is 0 Å². The van der Waals surface area contributed by atoms with Crippen LogP contribution in [-0.4, -0.2) is 66.9 Å². The minimum absolute atomic E-state index is 0.00135. The maximum atomic E-state index is 11.8. The Morgan fingerprint density at radius 1 is 1.09 bits per heavy atom. The summed E-state index contributed by atoms with van der Waals surface area (Å²) in [4.78, 5) is 13.3. The van der Waals surface area contributed by atoms with Gasteiger partial charge in [-0.3, -0.25) is 4.90 Å². The Kier molecular flexibility index (Phi) is 6.45. The number of amides is 1. The fourth-order valence-corrected chi connectivity index (χ4v) is 10.2. The Morgan fingerprint density at radius 3 is 2.16 bits per heavy atom. The zero-order valence-electron chi connectivity index (χ0n) is 19.1. The average molecular weight is 455 g/mol. The molecule has 6 nitrogen and oxygen atoms in total. The summed E-state index contributed by atoms with van der Waals surface area (Å²) in [5.41, 5.74) is 0. The number of fused-ring (bicyclic) bond motifs is 2. The number of aliphatic hydroxyl groups excluding tert-OH is 1. The molecular weight excluding hydrogens is 420 g/mol. The van der Waals surface area contributed by atoms with Crippen molar-refractivity contribution in [1.82, 2.24) is 10.2 Å². The zero-order chi connectivity index (χ0) is 22.9. The van der Waals surface area contributed by atoms with Crippen LogP contribution in [-0.2, 0) is 4.43 Å². The van der Waals surface area contributed by atoms with E-state index in [-0.39, 0.29) is 29.8 Å². The maximum absolute atomic E-state index is 11.8. The van der Waals surface area contributed by atoms with Crippen molar-refractivity contribution in [3.63, 3.8) is 0 Å². The van der Waals surface area contributed by atoms with E-state index in [0.29, 0.717) is 6.54 Å². The molecule has 4 rings (SSSR count). The topological polar surface area (TPSA) is 82.0 Å². The third-order valence-corrected chi connectivity index (χ3v) is 12.1. The fraction of sp³-hybridized carbons (Fsp3) is 0.480. The van der Waals surface area contributed by atoms with Crippen molar-refractivity contribution in [2.24, 2.45) is 0 Å². The first-order chi connectivity index (χ1) is 15.3. The van der Waals surface area contributed by atoms with Crippen molar-refractivity contribution in [3.05, 3.63) is 60.7 Å². The van der Waals surface area contributed by atoms with Crippen LogP contribution in [0.5, 0.6) is 0 Å². The lowest BCUT2D eigenvalue weighted by atomic mass is 10.00. The maximum Gasteiger partial charge on any atom is 0.407 e. The number of benzene rings is 2. The molecule has 1 amide bonds. The highest BCUT2D eigenvalue weighted by atomic mass is 28.4. The van der Waals surface area contributed by atoms with E-state index in [2.05, 4.69) is 50.4 Å². The van der Waals surface area contributed by atoms with E-state index in [1.54, 1.807) is 0 Å². The van der Waals surface area contributed by atoms with Crippen molar-refractivity contribution >= 4 is 24.8 Å². The number of carboxylic acid groups (broad SMARTS) is 1. The van der Waals surface area contributed by atoms with Crippen LogP contribution in [0.15, 0.2) is 60.7 Å².